The zero-order valence-corrected chi connectivity index (χ0v) is 22.7. The van der Waals surface area contributed by atoms with E-state index in [1.165, 1.54) is 30.0 Å². The molecule has 11 heteroatoms. The molecule has 0 atom stereocenters. The van der Waals surface area contributed by atoms with Crippen LogP contribution in [0.25, 0.3) is 21.3 Å². The molecule has 2 N–H and O–H groups in total. The van der Waals surface area contributed by atoms with Gasteiger partial charge in [0.05, 0.1) is 4.88 Å². The fourth-order valence-corrected chi connectivity index (χ4v) is 6.89. The Morgan fingerprint density at radius 3 is 2.41 bits per heavy atom. The van der Waals surface area contributed by atoms with Gasteiger partial charge in [-0.2, -0.15) is 0 Å². The second-order valence-corrected chi connectivity index (χ2v) is 14.4. The van der Waals surface area contributed by atoms with Crippen LogP contribution >= 0.6 is 18.5 Å². The van der Waals surface area contributed by atoms with Crippen molar-refractivity contribution in [2.75, 3.05) is 13.3 Å². The van der Waals surface area contributed by atoms with Gasteiger partial charge in [0.1, 0.15) is 34.5 Å². The van der Waals surface area contributed by atoms with E-state index in [0.29, 0.717) is 27.0 Å². The van der Waals surface area contributed by atoms with Gasteiger partial charge in [-0.05, 0) is 69.3 Å². The van der Waals surface area contributed by atoms with Gasteiger partial charge in [0, 0.05) is 30.2 Å². The van der Waals surface area contributed by atoms with Crippen LogP contribution in [-0.2, 0) is 11.6 Å². The van der Waals surface area contributed by atoms with Crippen LogP contribution in [0, 0.1) is 25.5 Å². The molecule has 1 aliphatic rings. The van der Waals surface area contributed by atoms with Crippen LogP contribution in [0.3, 0.4) is 0 Å². The predicted molar refractivity (Wildman–Crippen MR) is 142 cm³/mol. The Kier molecular flexibility index (Phi) is 6.15. The highest BCUT2D eigenvalue weighted by atomic mass is 32.1. The third kappa shape index (κ3) is 4.64. The van der Waals surface area contributed by atoms with Crippen LogP contribution in [0.4, 0.5) is 8.78 Å². The summed E-state index contributed by atoms with van der Waals surface area (Å²) in [6.07, 6.45) is 3.37. The van der Waals surface area contributed by atoms with E-state index < -0.39 is 18.8 Å². The molecule has 1 aromatic carbocycles. The van der Waals surface area contributed by atoms with Gasteiger partial charge in [-0.3, -0.25) is 9.59 Å². The monoisotopic (exact) mass is 545 g/mol. The minimum absolute atomic E-state index is 0.0409. The number of amides is 1. The number of halogens is 2. The maximum absolute atomic E-state index is 15.9. The second-order valence-electron chi connectivity index (χ2n) is 9.88. The Labute approximate surface area is 215 Å². The van der Waals surface area contributed by atoms with E-state index in [1.807, 2.05) is 0 Å². The number of aromatic amines is 1. The largest absolute Gasteiger partial charge is 0.452 e. The van der Waals surface area contributed by atoms with Gasteiger partial charge in [0.15, 0.2) is 11.6 Å². The highest BCUT2D eigenvalue weighted by Gasteiger charge is 2.31. The van der Waals surface area contributed by atoms with Gasteiger partial charge in [0.2, 0.25) is 0 Å². The lowest BCUT2D eigenvalue weighted by molar-refractivity contribution is 0.0947. The molecule has 3 heterocycles. The molecule has 7 nitrogen and oxygen atoms in total. The second kappa shape index (κ2) is 8.96. The Morgan fingerprint density at radius 1 is 1.16 bits per heavy atom. The van der Waals surface area contributed by atoms with Crippen LogP contribution in [0.15, 0.2) is 29.2 Å². The standard InChI is InChI=1S/C26H26F2N3O4PS/c1-12-8-14(27)9-13(2)21(12)35-22-19(28)26(36(4,5)34)37-23(22)17-11-31(3)25(33)20-16(17)10-18(30-20)24(32)29-15-6-7-15/h8-11,15,30H,6-7H2,1-5H3,(H,29,32). The lowest BCUT2D eigenvalue weighted by atomic mass is 10.1. The summed E-state index contributed by atoms with van der Waals surface area (Å²) in [4.78, 5) is 28.9. The normalized spacial score (nSPS) is 13.8. The molecule has 5 rings (SSSR count). The molecule has 3 aromatic heterocycles. The number of ether oxygens (including phenoxy) is 1. The summed E-state index contributed by atoms with van der Waals surface area (Å²) in [7, 11) is -1.50. The maximum atomic E-state index is 15.9. The van der Waals surface area contributed by atoms with Crippen molar-refractivity contribution in [1.29, 1.82) is 0 Å². The third-order valence-corrected chi connectivity index (χ3v) is 10.0. The third-order valence-electron chi connectivity index (χ3n) is 6.28. The first kappa shape index (κ1) is 25.4. The first-order chi connectivity index (χ1) is 17.3. The Bertz CT molecular complexity index is 1670. The average Bonchev–Trinajstić information content (AvgIpc) is 3.38. The van der Waals surface area contributed by atoms with Crippen molar-refractivity contribution in [1.82, 2.24) is 14.9 Å². The number of aromatic nitrogens is 2. The number of nitrogens with zero attached hydrogens (tertiary/aromatic N) is 1. The number of pyridine rings is 1. The van der Waals surface area contributed by atoms with Gasteiger partial charge < -0.3 is 24.2 Å². The number of benzene rings is 1. The van der Waals surface area contributed by atoms with Crippen molar-refractivity contribution in [3.63, 3.8) is 0 Å². The summed E-state index contributed by atoms with van der Waals surface area (Å²) in [5.41, 5.74) is 1.43. The quantitative estimate of drug-likeness (QED) is 0.317. The first-order valence-corrected chi connectivity index (χ1v) is 15.1. The van der Waals surface area contributed by atoms with E-state index in [9.17, 15) is 18.5 Å². The molecule has 0 unspecified atom stereocenters. The Balaban J connectivity index is 1.75. The number of H-pyrrole nitrogens is 1. The zero-order valence-electron chi connectivity index (χ0n) is 21.0. The van der Waals surface area contributed by atoms with E-state index in [-0.39, 0.29) is 44.8 Å². The Morgan fingerprint density at radius 2 is 1.81 bits per heavy atom. The smallest absolute Gasteiger partial charge is 0.274 e. The maximum Gasteiger partial charge on any atom is 0.274 e. The van der Waals surface area contributed by atoms with Crippen molar-refractivity contribution in [3.8, 4) is 21.9 Å². The number of aryl methyl sites for hydroxylation is 3. The number of hydrogen-bond donors (Lipinski definition) is 2. The average molecular weight is 546 g/mol. The van der Waals surface area contributed by atoms with Crippen molar-refractivity contribution >= 4 is 39.9 Å². The molecule has 194 valence electrons. The molecule has 0 bridgehead atoms. The number of fused-ring (bicyclic) bond motifs is 1. The summed E-state index contributed by atoms with van der Waals surface area (Å²) >= 11 is 0.981. The minimum atomic E-state index is -3.06. The number of nitrogens with one attached hydrogen (secondary N) is 2. The highest BCUT2D eigenvalue weighted by molar-refractivity contribution is 7.75. The molecule has 0 spiro atoms. The van der Waals surface area contributed by atoms with E-state index in [0.717, 1.165) is 24.2 Å². The summed E-state index contributed by atoms with van der Waals surface area (Å²) < 4.78 is 50.2. The molecule has 0 aliphatic heterocycles. The van der Waals surface area contributed by atoms with Gasteiger partial charge in [-0.1, -0.05) is 0 Å². The van der Waals surface area contributed by atoms with Crippen molar-refractivity contribution in [2.45, 2.75) is 32.7 Å². The van der Waals surface area contributed by atoms with Crippen molar-refractivity contribution in [3.05, 3.63) is 63.2 Å². The fraction of sp³-hybridized carbons (Fsp3) is 0.308. The lowest BCUT2D eigenvalue weighted by Gasteiger charge is -2.13. The Hall–Kier alpha value is -3.23. The van der Waals surface area contributed by atoms with Gasteiger partial charge in [-0.25, -0.2) is 8.78 Å². The van der Waals surface area contributed by atoms with Crippen LogP contribution in [0.1, 0.15) is 34.5 Å². The van der Waals surface area contributed by atoms with Gasteiger partial charge in [0.25, 0.3) is 11.5 Å². The molecule has 4 aromatic rings. The molecule has 1 saturated carbocycles. The van der Waals surface area contributed by atoms with E-state index in [2.05, 4.69) is 10.3 Å². The summed E-state index contributed by atoms with van der Waals surface area (Å²) in [5, 5.41) is 3.30. The number of carbonyl (C=O) groups excluding carboxylic acids is 1. The van der Waals surface area contributed by atoms with E-state index in [1.54, 1.807) is 33.2 Å². The summed E-state index contributed by atoms with van der Waals surface area (Å²) in [6, 6.07) is 4.27. The van der Waals surface area contributed by atoms with Gasteiger partial charge >= 0.3 is 0 Å². The number of carbonyl (C=O) groups is 1. The van der Waals surface area contributed by atoms with E-state index in [4.69, 9.17) is 4.74 Å². The minimum Gasteiger partial charge on any atom is -0.452 e. The number of thiophene rings is 1. The van der Waals surface area contributed by atoms with Crippen LogP contribution in [0.5, 0.6) is 11.5 Å². The SMILES string of the molecule is Cc1cc(F)cc(C)c1Oc1c(-c2cn(C)c(=O)c3[nH]c(C(=O)NC4CC4)cc23)sc(P(C)(C)=O)c1F. The lowest BCUT2D eigenvalue weighted by Crippen LogP contribution is -2.25. The van der Waals surface area contributed by atoms with Crippen LogP contribution in [0.2, 0.25) is 0 Å². The number of rotatable bonds is 6. The molecular weight excluding hydrogens is 519 g/mol. The molecule has 1 aliphatic carbocycles. The molecule has 0 saturated heterocycles. The number of hydrogen-bond acceptors (Lipinski definition) is 5. The first-order valence-electron chi connectivity index (χ1n) is 11.7. The zero-order chi connectivity index (χ0) is 26.8. The summed E-state index contributed by atoms with van der Waals surface area (Å²) in [5.74, 6) is -1.41. The van der Waals surface area contributed by atoms with Crippen molar-refractivity contribution in [2.24, 2.45) is 7.05 Å². The summed E-state index contributed by atoms with van der Waals surface area (Å²) in [6.45, 7) is 6.25. The fourth-order valence-electron chi connectivity index (χ4n) is 4.29. The van der Waals surface area contributed by atoms with Gasteiger partial charge in [-0.15, -0.1) is 11.3 Å². The molecule has 37 heavy (non-hydrogen) atoms. The van der Waals surface area contributed by atoms with E-state index >= 15 is 4.39 Å². The van der Waals surface area contributed by atoms with Crippen LogP contribution in [-0.4, -0.2) is 34.8 Å². The molecule has 1 amide bonds. The highest BCUT2D eigenvalue weighted by Crippen LogP contribution is 2.49. The topological polar surface area (TPSA) is 93.2 Å². The van der Waals surface area contributed by atoms with Crippen molar-refractivity contribution < 1.29 is 22.9 Å². The van der Waals surface area contributed by atoms with Crippen LogP contribution < -0.4 is 20.2 Å². The molecule has 0 radical (unpaired) electrons. The molecule has 1 fully saturated rings. The molecular formula is C26H26F2N3O4PS. The predicted octanol–water partition coefficient (Wildman–Crippen LogP) is 5.42.